The van der Waals surface area contributed by atoms with E-state index in [1.165, 1.54) is 23.0 Å². The summed E-state index contributed by atoms with van der Waals surface area (Å²) in [7, 11) is -8.02. The number of benzene rings is 1. The first-order valence-corrected chi connectivity index (χ1v) is 13.5. The van der Waals surface area contributed by atoms with Crippen molar-refractivity contribution in [3.63, 3.8) is 0 Å². The fraction of sp³-hybridized carbons (Fsp3) is 0.300. The number of nitrogens with zero attached hydrogens (tertiary/aromatic N) is 2. The number of carbonyl (C=O) groups is 1. The molecule has 30 heavy (non-hydrogen) atoms. The molecular weight excluding hydrogens is 492 g/mol. The molecule has 0 aliphatic rings. The van der Waals surface area contributed by atoms with E-state index in [9.17, 15) is 21.6 Å². The molecule has 0 unspecified atom stereocenters. The zero-order chi connectivity index (χ0) is 22.1. The molecule has 2 heterocycles. The summed E-state index contributed by atoms with van der Waals surface area (Å²) in [5.41, 5.74) is 0.153. The van der Waals surface area contributed by atoms with Gasteiger partial charge in [0.05, 0.1) is 23.2 Å². The fourth-order valence-corrected chi connectivity index (χ4v) is 7.57. The van der Waals surface area contributed by atoms with Gasteiger partial charge >= 0.3 is 0 Å². The van der Waals surface area contributed by atoms with Crippen LogP contribution in [0.2, 0.25) is 0 Å². The largest absolute Gasteiger partial charge is 0.308 e. The summed E-state index contributed by atoms with van der Waals surface area (Å²) in [6, 6.07) is 6.45. The molecule has 0 bridgehead atoms. The van der Waals surface area contributed by atoms with Gasteiger partial charge < -0.3 is 4.40 Å². The molecule has 160 valence electrons. The van der Waals surface area contributed by atoms with Crippen LogP contribution >= 0.6 is 15.9 Å². The van der Waals surface area contributed by atoms with Crippen LogP contribution in [0.15, 0.2) is 57.1 Å². The molecule has 10 heteroatoms. The van der Waals surface area contributed by atoms with Crippen molar-refractivity contribution >= 4 is 46.9 Å². The number of halogens is 1. The van der Waals surface area contributed by atoms with Gasteiger partial charge in [-0.05, 0) is 37.1 Å². The second kappa shape index (κ2) is 8.60. The van der Waals surface area contributed by atoms with Gasteiger partial charge in [-0.3, -0.25) is 9.78 Å². The number of hydrogen-bond acceptors (Lipinski definition) is 6. The van der Waals surface area contributed by atoms with Crippen molar-refractivity contribution in [2.24, 2.45) is 0 Å². The SMILES string of the molecule is CCCS(=O)(=O)c1c(S(=O)(=O)CCC)c2cnccn2c1C(=O)c1ccc(Br)cc1. The number of carbonyl (C=O) groups excluding carboxylic acids is 1. The molecule has 0 N–H and O–H groups in total. The van der Waals surface area contributed by atoms with E-state index in [-0.39, 0.29) is 39.6 Å². The molecule has 0 aliphatic carbocycles. The van der Waals surface area contributed by atoms with Crippen LogP contribution in [0.1, 0.15) is 42.7 Å². The highest BCUT2D eigenvalue weighted by Crippen LogP contribution is 2.35. The second-order valence-electron chi connectivity index (χ2n) is 6.81. The summed E-state index contributed by atoms with van der Waals surface area (Å²) >= 11 is 3.30. The molecule has 0 saturated carbocycles. The van der Waals surface area contributed by atoms with Crippen molar-refractivity contribution in [1.82, 2.24) is 9.38 Å². The standard InChI is InChI=1S/C20H21BrN2O5S2/c1-3-11-29(25,26)19-16-13-22-9-10-23(16)17(20(19)30(27,28)12-4-2)18(24)14-5-7-15(21)8-6-14/h5-10,13H,3-4,11-12H2,1-2H3. The molecule has 0 saturated heterocycles. The van der Waals surface area contributed by atoms with Gasteiger partial charge in [0.2, 0.25) is 5.78 Å². The summed E-state index contributed by atoms with van der Waals surface area (Å²) in [5.74, 6) is -1.08. The first kappa shape index (κ1) is 22.6. The lowest BCUT2D eigenvalue weighted by molar-refractivity contribution is 0.103. The maximum atomic E-state index is 13.4. The van der Waals surface area contributed by atoms with Crippen LogP contribution in [0, 0.1) is 0 Å². The van der Waals surface area contributed by atoms with Gasteiger partial charge in [-0.25, -0.2) is 16.8 Å². The highest BCUT2D eigenvalue weighted by Gasteiger charge is 2.37. The minimum atomic E-state index is -4.05. The first-order valence-electron chi connectivity index (χ1n) is 9.37. The Bertz CT molecular complexity index is 1310. The molecule has 3 aromatic rings. The van der Waals surface area contributed by atoms with E-state index >= 15 is 0 Å². The predicted octanol–water partition coefficient (Wildman–Crippen LogP) is 3.70. The Balaban J connectivity index is 2.47. The molecule has 0 radical (unpaired) electrons. The van der Waals surface area contributed by atoms with Crippen LogP contribution in [0.4, 0.5) is 0 Å². The Morgan fingerprint density at radius 2 is 1.53 bits per heavy atom. The van der Waals surface area contributed by atoms with Gasteiger partial charge in [0.1, 0.15) is 15.5 Å². The van der Waals surface area contributed by atoms with Crippen molar-refractivity contribution in [3.8, 4) is 0 Å². The van der Waals surface area contributed by atoms with E-state index in [4.69, 9.17) is 0 Å². The Kier molecular flexibility index (Phi) is 6.49. The van der Waals surface area contributed by atoms with Gasteiger partial charge in [-0.15, -0.1) is 0 Å². The van der Waals surface area contributed by atoms with Gasteiger partial charge in [0, 0.05) is 22.4 Å². The molecule has 0 amide bonds. The van der Waals surface area contributed by atoms with Gasteiger partial charge in [-0.1, -0.05) is 29.8 Å². The number of aromatic nitrogens is 2. The Labute approximate surface area is 184 Å². The third kappa shape index (κ3) is 4.08. The number of rotatable bonds is 8. The highest BCUT2D eigenvalue weighted by atomic mass is 79.9. The Morgan fingerprint density at radius 3 is 2.10 bits per heavy atom. The molecule has 0 fully saturated rings. The summed E-state index contributed by atoms with van der Waals surface area (Å²) in [4.78, 5) is 16.6. The van der Waals surface area contributed by atoms with Crippen LogP contribution in [-0.2, 0) is 19.7 Å². The van der Waals surface area contributed by atoms with E-state index in [1.54, 1.807) is 38.1 Å². The average Bonchev–Trinajstić information content (AvgIpc) is 3.05. The van der Waals surface area contributed by atoms with Crippen molar-refractivity contribution in [3.05, 3.63) is 58.6 Å². The van der Waals surface area contributed by atoms with Gasteiger partial charge in [0.15, 0.2) is 19.7 Å². The normalized spacial score (nSPS) is 12.4. The van der Waals surface area contributed by atoms with Crippen molar-refractivity contribution in [2.75, 3.05) is 11.5 Å². The smallest absolute Gasteiger partial charge is 0.211 e. The van der Waals surface area contributed by atoms with E-state index in [0.29, 0.717) is 6.42 Å². The van der Waals surface area contributed by atoms with E-state index < -0.39 is 30.4 Å². The molecule has 1 aromatic carbocycles. The Hall–Kier alpha value is -2.04. The van der Waals surface area contributed by atoms with E-state index in [2.05, 4.69) is 20.9 Å². The zero-order valence-corrected chi connectivity index (χ0v) is 19.7. The highest BCUT2D eigenvalue weighted by molar-refractivity contribution is 9.10. The molecular formula is C20H21BrN2O5S2. The second-order valence-corrected chi connectivity index (χ2v) is 11.8. The van der Waals surface area contributed by atoms with Crippen LogP contribution in [0.25, 0.3) is 5.52 Å². The zero-order valence-electron chi connectivity index (χ0n) is 16.5. The third-order valence-electron chi connectivity index (χ3n) is 4.54. The van der Waals surface area contributed by atoms with Crippen LogP contribution < -0.4 is 0 Å². The summed E-state index contributed by atoms with van der Waals surface area (Å²) in [6.45, 7) is 3.38. The molecule has 0 aliphatic heterocycles. The topological polar surface area (TPSA) is 103 Å². The number of sulfone groups is 2. The summed E-state index contributed by atoms with van der Waals surface area (Å²) in [6.07, 6.45) is 4.68. The number of hydrogen-bond donors (Lipinski definition) is 0. The van der Waals surface area contributed by atoms with Crippen molar-refractivity contribution in [1.29, 1.82) is 0 Å². The van der Waals surface area contributed by atoms with Crippen molar-refractivity contribution < 1.29 is 21.6 Å². The number of fused-ring (bicyclic) bond motifs is 1. The fourth-order valence-electron chi connectivity index (χ4n) is 3.34. The number of ketones is 1. The summed E-state index contributed by atoms with van der Waals surface area (Å²) < 4.78 is 54.8. The molecule has 0 spiro atoms. The third-order valence-corrected chi connectivity index (χ3v) is 9.15. The monoisotopic (exact) mass is 512 g/mol. The van der Waals surface area contributed by atoms with E-state index in [1.807, 2.05) is 0 Å². The lowest BCUT2D eigenvalue weighted by Gasteiger charge is -2.09. The van der Waals surface area contributed by atoms with Gasteiger partial charge in [0.25, 0.3) is 0 Å². The minimum absolute atomic E-state index is 0.0843. The maximum Gasteiger partial charge on any atom is 0.211 e. The van der Waals surface area contributed by atoms with Gasteiger partial charge in [-0.2, -0.15) is 0 Å². The maximum absolute atomic E-state index is 13.4. The summed E-state index contributed by atoms with van der Waals surface area (Å²) in [5, 5.41) is 0. The Morgan fingerprint density at radius 1 is 0.967 bits per heavy atom. The predicted molar refractivity (Wildman–Crippen MR) is 117 cm³/mol. The quantitative estimate of drug-likeness (QED) is 0.426. The molecule has 3 rings (SSSR count). The van der Waals surface area contributed by atoms with E-state index in [0.717, 1.165) is 4.47 Å². The van der Waals surface area contributed by atoms with Crippen LogP contribution in [0.5, 0.6) is 0 Å². The molecule has 2 aromatic heterocycles. The molecule has 7 nitrogen and oxygen atoms in total. The minimum Gasteiger partial charge on any atom is -0.308 e. The lowest BCUT2D eigenvalue weighted by Crippen LogP contribution is -2.17. The van der Waals surface area contributed by atoms with Crippen LogP contribution in [-0.4, -0.2) is 43.5 Å². The average molecular weight is 513 g/mol. The first-order chi connectivity index (χ1) is 14.1. The van der Waals surface area contributed by atoms with Crippen LogP contribution in [0.3, 0.4) is 0 Å². The van der Waals surface area contributed by atoms with Crippen molar-refractivity contribution in [2.45, 2.75) is 36.5 Å². The lowest BCUT2D eigenvalue weighted by atomic mass is 10.1. The molecule has 0 atom stereocenters.